The van der Waals surface area contributed by atoms with Gasteiger partial charge in [-0.2, -0.15) is 5.26 Å². The lowest BCUT2D eigenvalue weighted by atomic mass is 9.48. The van der Waals surface area contributed by atoms with Crippen molar-refractivity contribution in [3.8, 4) is 11.8 Å². The van der Waals surface area contributed by atoms with Gasteiger partial charge in [0.15, 0.2) is 23.0 Å². The molecule has 3 aliphatic rings. The van der Waals surface area contributed by atoms with Gasteiger partial charge in [-0.05, 0) is 0 Å². The van der Waals surface area contributed by atoms with Gasteiger partial charge in [-0.15, -0.1) is 10.2 Å². The van der Waals surface area contributed by atoms with Gasteiger partial charge in [-0.25, -0.2) is 9.97 Å². The van der Waals surface area contributed by atoms with E-state index in [0.717, 1.165) is 0 Å². The molecule has 0 radical (unpaired) electrons. The number of aromatic nitrogens is 4. The van der Waals surface area contributed by atoms with Crippen LogP contribution < -0.4 is 15.4 Å². The molecule has 10 nitrogen and oxygen atoms in total. The molecule has 0 atom stereocenters. The van der Waals surface area contributed by atoms with E-state index in [1.165, 1.54) is 19.4 Å². The van der Waals surface area contributed by atoms with E-state index in [9.17, 15) is 9.90 Å². The summed E-state index contributed by atoms with van der Waals surface area (Å²) < 4.78 is 6.00. The summed E-state index contributed by atoms with van der Waals surface area (Å²) in [5.41, 5.74) is -0.790. The average molecular weight is 353 g/mol. The Bertz CT molecular complexity index is 903. The smallest absolute Gasteiger partial charge is 0.275 e. The Hall–Kier alpha value is -3.32. The normalized spacial score (nSPS) is 25.3. The summed E-state index contributed by atoms with van der Waals surface area (Å²) in [6.07, 6.45) is 4.34. The highest BCUT2D eigenvalue weighted by Crippen LogP contribution is 2.62. The molecule has 0 aliphatic heterocycles. The van der Waals surface area contributed by atoms with Crippen molar-refractivity contribution in [2.45, 2.75) is 30.5 Å². The second-order valence-electron chi connectivity index (χ2n) is 6.58. The van der Waals surface area contributed by atoms with E-state index in [2.05, 4.69) is 30.8 Å². The van der Waals surface area contributed by atoms with Crippen LogP contribution in [0.1, 0.15) is 35.4 Å². The van der Waals surface area contributed by atoms with Crippen LogP contribution >= 0.6 is 0 Å². The van der Waals surface area contributed by atoms with Crippen LogP contribution in [-0.2, 0) is 0 Å². The van der Waals surface area contributed by atoms with Gasteiger partial charge in [0.2, 0.25) is 0 Å². The predicted molar refractivity (Wildman–Crippen MR) is 87.6 cm³/mol. The number of nitrogens with one attached hydrogen (secondary N) is 2. The zero-order chi connectivity index (χ0) is 18.4. The first-order valence-electron chi connectivity index (χ1n) is 7.95. The van der Waals surface area contributed by atoms with Crippen molar-refractivity contribution >= 4 is 17.5 Å². The van der Waals surface area contributed by atoms with Gasteiger partial charge in [0.25, 0.3) is 5.91 Å². The molecule has 3 aliphatic carbocycles. The first-order chi connectivity index (χ1) is 12.4. The highest BCUT2D eigenvalue weighted by Gasteiger charge is 2.70. The lowest BCUT2D eigenvalue weighted by molar-refractivity contribution is -0.285. The van der Waals surface area contributed by atoms with Crippen LogP contribution in [-0.4, -0.2) is 49.4 Å². The lowest BCUT2D eigenvalue weighted by Crippen LogP contribution is -2.74. The summed E-state index contributed by atoms with van der Waals surface area (Å²) in [4.78, 5) is 20.0. The number of rotatable bonds is 5. The Morgan fingerprint density at radius 2 is 2.04 bits per heavy atom. The van der Waals surface area contributed by atoms with E-state index < -0.39 is 17.1 Å². The van der Waals surface area contributed by atoms with Crippen molar-refractivity contribution in [2.75, 3.05) is 12.4 Å². The molecule has 0 unspecified atom stereocenters. The van der Waals surface area contributed by atoms with E-state index in [4.69, 9.17) is 10.00 Å². The second kappa shape index (κ2) is 5.60. The maximum atomic E-state index is 12.0. The summed E-state index contributed by atoms with van der Waals surface area (Å²) in [5.74, 6) is 0.557. The molecule has 1 amide bonds. The largest absolute Gasteiger partial charge is 0.484 e. The predicted octanol–water partition coefficient (Wildman–Crippen LogP) is 0.288. The standard InChI is InChI=1S/C16H15N7O3/c1-18-14(24)13-10(26-16-6-15(25,7-16)8-16)2-11(22-23-13)21-12-5-19-9(3-17)4-20-12/h2,4-5,25H,6-8H2,1H3,(H,18,24)(H,20,21,22). The number of amides is 1. The van der Waals surface area contributed by atoms with Crippen LogP contribution in [0.4, 0.5) is 11.6 Å². The highest BCUT2D eigenvalue weighted by atomic mass is 16.5. The van der Waals surface area contributed by atoms with Crippen LogP contribution in [0.15, 0.2) is 18.5 Å². The molecule has 3 saturated carbocycles. The molecule has 2 heterocycles. The molecule has 3 fully saturated rings. The van der Waals surface area contributed by atoms with Gasteiger partial charge in [-0.3, -0.25) is 4.79 Å². The Balaban J connectivity index is 1.58. The van der Waals surface area contributed by atoms with E-state index >= 15 is 0 Å². The van der Waals surface area contributed by atoms with Gasteiger partial charge in [0.1, 0.15) is 17.5 Å². The van der Waals surface area contributed by atoms with Gasteiger partial charge in [0.05, 0.1) is 18.0 Å². The van der Waals surface area contributed by atoms with Crippen molar-refractivity contribution < 1.29 is 14.6 Å². The number of nitrogens with zero attached hydrogens (tertiary/aromatic N) is 5. The molecule has 0 spiro atoms. The third kappa shape index (κ3) is 2.68. The SMILES string of the molecule is CNC(=O)c1nnc(Nc2cnc(C#N)cn2)cc1OC12CC(O)(C1)C2. The monoisotopic (exact) mass is 353 g/mol. The Kier molecular flexibility index (Phi) is 3.48. The molecule has 0 aromatic carbocycles. The van der Waals surface area contributed by atoms with Crippen LogP contribution in [0.5, 0.6) is 5.75 Å². The molecule has 2 bridgehead atoms. The van der Waals surface area contributed by atoms with Crippen molar-refractivity contribution in [1.29, 1.82) is 5.26 Å². The fraction of sp³-hybridized carbons (Fsp3) is 0.375. The van der Waals surface area contributed by atoms with Crippen molar-refractivity contribution in [2.24, 2.45) is 0 Å². The third-order valence-electron chi connectivity index (χ3n) is 4.50. The van der Waals surface area contributed by atoms with Gasteiger partial charge >= 0.3 is 0 Å². The number of nitriles is 1. The lowest BCUT2D eigenvalue weighted by Gasteiger charge is -2.66. The molecule has 26 heavy (non-hydrogen) atoms. The van der Waals surface area contributed by atoms with Gasteiger partial charge < -0.3 is 20.5 Å². The molecule has 10 heteroatoms. The zero-order valence-electron chi connectivity index (χ0n) is 13.9. The fourth-order valence-electron chi connectivity index (χ4n) is 3.36. The third-order valence-corrected chi connectivity index (χ3v) is 4.50. The number of hydrogen-bond donors (Lipinski definition) is 3. The summed E-state index contributed by atoms with van der Waals surface area (Å²) in [7, 11) is 1.50. The number of carbonyl (C=O) groups is 1. The minimum atomic E-state index is -0.618. The molecular formula is C16H15N7O3. The molecular weight excluding hydrogens is 338 g/mol. The topological polar surface area (TPSA) is 146 Å². The molecule has 2 aromatic rings. The summed E-state index contributed by atoms with van der Waals surface area (Å²) in [6, 6.07) is 3.44. The van der Waals surface area contributed by atoms with E-state index in [1.807, 2.05) is 6.07 Å². The highest BCUT2D eigenvalue weighted by molar-refractivity contribution is 5.94. The van der Waals surface area contributed by atoms with E-state index in [1.54, 1.807) is 6.07 Å². The number of anilines is 2. The number of hydrogen-bond acceptors (Lipinski definition) is 9. The maximum Gasteiger partial charge on any atom is 0.275 e. The second-order valence-corrected chi connectivity index (χ2v) is 6.58. The van der Waals surface area contributed by atoms with Crippen molar-refractivity contribution in [1.82, 2.24) is 25.5 Å². The van der Waals surface area contributed by atoms with Crippen molar-refractivity contribution in [3.63, 3.8) is 0 Å². The van der Waals surface area contributed by atoms with Crippen molar-refractivity contribution in [3.05, 3.63) is 29.8 Å². The summed E-state index contributed by atoms with van der Waals surface area (Å²) in [5, 5.41) is 32.0. The fourth-order valence-corrected chi connectivity index (χ4v) is 3.36. The van der Waals surface area contributed by atoms with Gasteiger partial charge in [0, 0.05) is 32.4 Å². The van der Waals surface area contributed by atoms with Crippen LogP contribution in [0.3, 0.4) is 0 Å². The van der Waals surface area contributed by atoms with Crippen LogP contribution in [0.2, 0.25) is 0 Å². The minimum absolute atomic E-state index is 0.0701. The summed E-state index contributed by atoms with van der Waals surface area (Å²) in [6.45, 7) is 0. The van der Waals surface area contributed by atoms with Gasteiger partial charge in [-0.1, -0.05) is 0 Å². The maximum absolute atomic E-state index is 12.0. The Labute approximate surface area is 148 Å². The zero-order valence-corrected chi connectivity index (χ0v) is 13.9. The average Bonchev–Trinajstić information content (AvgIpc) is 2.60. The van der Waals surface area contributed by atoms with Crippen LogP contribution in [0.25, 0.3) is 0 Å². The summed E-state index contributed by atoms with van der Waals surface area (Å²) >= 11 is 0. The number of carbonyl (C=O) groups excluding carboxylic acids is 1. The molecule has 5 rings (SSSR count). The number of ether oxygens (including phenoxy) is 1. The first-order valence-corrected chi connectivity index (χ1v) is 7.95. The van der Waals surface area contributed by atoms with E-state index in [-0.39, 0.29) is 17.1 Å². The Morgan fingerprint density at radius 3 is 2.62 bits per heavy atom. The number of aliphatic hydroxyl groups is 1. The first kappa shape index (κ1) is 16.2. The quantitative estimate of drug-likeness (QED) is 0.690. The molecule has 0 saturated heterocycles. The van der Waals surface area contributed by atoms with Crippen LogP contribution in [0, 0.1) is 11.3 Å². The van der Waals surface area contributed by atoms with E-state index in [0.29, 0.717) is 30.9 Å². The molecule has 3 N–H and O–H groups in total. The molecule has 132 valence electrons. The Morgan fingerprint density at radius 1 is 1.27 bits per heavy atom. The minimum Gasteiger partial charge on any atom is -0.484 e. The molecule has 2 aromatic heterocycles.